The van der Waals surface area contributed by atoms with Crippen LogP contribution in [0.25, 0.3) is 0 Å². The van der Waals surface area contributed by atoms with Gasteiger partial charge in [-0.3, -0.25) is 4.99 Å². The van der Waals surface area contributed by atoms with Gasteiger partial charge in [0.2, 0.25) is 0 Å². The zero-order chi connectivity index (χ0) is 8.97. The predicted molar refractivity (Wildman–Crippen MR) is 52.1 cm³/mol. The van der Waals surface area contributed by atoms with E-state index in [0.717, 1.165) is 30.7 Å². The molecule has 12 heavy (non-hydrogen) atoms. The molecule has 0 atom stereocenters. The van der Waals surface area contributed by atoms with Gasteiger partial charge in [0.1, 0.15) is 0 Å². The fraction of sp³-hybridized carbons (Fsp3) is 0.556. The van der Waals surface area contributed by atoms with Crippen LogP contribution in [0.3, 0.4) is 0 Å². The van der Waals surface area contributed by atoms with Gasteiger partial charge in [-0.25, -0.2) is 0 Å². The van der Waals surface area contributed by atoms with Crippen molar-refractivity contribution in [3.63, 3.8) is 0 Å². The first-order valence-electron chi connectivity index (χ1n) is 4.22. The summed E-state index contributed by atoms with van der Waals surface area (Å²) >= 11 is 0. The van der Waals surface area contributed by atoms with E-state index in [4.69, 9.17) is 5.41 Å². The van der Waals surface area contributed by atoms with E-state index in [1.807, 2.05) is 13.2 Å². The minimum Gasteiger partial charge on any atom is -0.393 e. The number of hydrogen-bond acceptors (Lipinski definition) is 3. The second kappa shape index (κ2) is 4.04. The van der Waals surface area contributed by atoms with Crippen molar-refractivity contribution < 1.29 is 0 Å². The molecule has 0 aromatic carbocycles. The molecule has 3 nitrogen and oxygen atoms in total. The zero-order valence-electron chi connectivity index (χ0n) is 7.65. The molecule has 0 aromatic heterocycles. The minimum atomic E-state index is 0.588. The topological polar surface area (TPSA) is 48.2 Å². The third-order valence-corrected chi connectivity index (χ3v) is 1.88. The van der Waals surface area contributed by atoms with Crippen molar-refractivity contribution in [1.29, 1.82) is 5.41 Å². The molecule has 1 aliphatic rings. The average Bonchev–Trinajstić information content (AvgIpc) is 2.51. The van der Waals surface area contributed by atoms with Crippen LogP contribution in [-0.2, 0) is 0 Å². The Morgan fingerprint density at radius 3 is 2.83 bits per heavy atom. The molecule has 0 saturated heterocycles. The quantitative estimate of drug-likeness (QED) is 0.609. The summed E-state index contributed by atoms with van der Waals surface area (Å²) in [6.45, 7) is 2.72. The fourth-order valence-electron chi connectivity index (χ4n) is 1.31. The smallest absolute Gasteiger partial charge is 0.0453 e. The van der Waals surface area contributed by atoms with E-state index in [1.54, 1.807) is 6.92 Å². The van der Waals surface area contributed by atoms with Crippen LogP contribution in [0.4, 0.5) is 0 Å². The lowest BCUT2D eigenvalue weighted by atomic mass is 10.1. The van der Waals surface area contributed by atoms with E-state index >= 15 is 0 Å². The molecule has 0 unspecified atom stereocenters. The molecule has 1 heterocycles. The third-order valence-electron chi connectivity index (χ3n) is 1.88. The molecule has 2 N–H and O–H groups in total. The SMILES string of the molecule is CN/C=C(\C(C)=N)C1=NCCC1. The fourth-order valence-corrected chi connectivity index (χ4v) is 1.31. The van der Waals surface area contributed by atoms with Crippen molar-refractivity contribution in [1.82, 2.24) is 5.32 Å². The summed E-state index contributed by atoms with van der Waals surface area (Å²) in [5, 5.41) is 10.5. The van der Waals surface area contributed by atoms with E-state index in [-0.39, 0.29) is 0 Å². The molecular formula is C9H15N3. The Hall–Kier alpha value is -1.12. The molecule has 66 valence electrons. The Labute approximate surface area is 73.1 Å². The van der Waals surface area contributed by atoms with Crippen molar-refractivity contribution in [2.75, 3.05) is 13.6 Å². The molecule has 0 aromatic rings. The van der Waals surface area contributed by atoms with Gasteiger partial charge in [-0.1, -0.05) is 0 Å². The van der Waals surface area contributed by atoms with Gasteiger partial charge >= 0.3 is 0 Å². The number of aliphatic imine (C=N–C) groups is 1. The number of allylic oxidation sites excluding steroid dienone is 1. The van der Waals surface area contributed by atoms with Crippen molar-refractivity contribution in [3.8, 4) is 0 Å². The summed E-state index contributed by atoms with van der Waals surface area (Å²) in [6.07, 6.45) is 4.00. The molecule has 0 radical (unpaired) electrons. The highest BCUT2D eigenvalue weighted by Crippen LogP contribution is 2.12. The number of hydrogen-bond donors (Lipinski definition) is 2. The Morgan fingerprint density at radius 2 is 2.42 bits per heavy atom. The Kier molecular flexibility index (Phi) is 3.02. The van der Waals surface area contributed by atoms with E-state index in [0.29, 0.717) is 5.71 Å². The Balaban J connectivity index is 2.79. The summed E-state index contributed by atoms with van der Waals surface area (Å²) in [6, 6.07) is 0. The molecule has 0 aliphatic carbocycles. The van der Waals surface area contributed by atoms with Gasteiger partial charge in [0.05, 0.1) is 0 Å². The lowest BCUT2D eigenvalue weighted by Crippen LogP contribution is -2.11. The van der Waals surface area contributed by atoms with Gasteiger partial charge in [0.25, 0.3) is 0 Å². The van der Waals surface area contributed by atoms with E-state index in [9.17, 15) is 0 Å². The molecule has 0 fully saturated rings. The minimum absolute atomic E-state index is 0.588. The third kappa shape index (κ3) is 1.94. The Morgan fingerprint density at radius 1 is 1.67 bits per heavy atom. The van der Waals surface area contributed by atoms with Crippen LogP contribution in [-0.4, -0.2) is 25.0 Å². The van der Waals surface area contributed by atoms with Gasteiger partial charge in [0.15, 0.2) is 0 Å². The van der Waals surface area contributed by atoms with E-state index in [2.05, 4.69) is 10.3 Å². The van der Waals surface area contributed by atoms with Crippen LogP contribution in [0.15, 0.2) is 16.8 Å². The molecule has 0 bridgehead atoms. The van der Waals surface area contributed by atoms with Gasteiger partial charge in [-0.2, -0.15) is 0 Å². The van der Waals surface area contributed by atoms with Crippen molar-refractivity contribution in [2.45, 2.75) is 19.8 Å². The first-order valence-corrected chi connectivity index (χ1v) is 4.22. The first-order chi connectivity index (χ1) is 5.75. The molecule has 1 rings (SSSR count). The largest absolute Gasteiger partial charge is 0.393 e. The van der Waals surface area contributed by atoms with Crippen LogP contribution in [0, 0.1) is 5.41 Å². The maximum atomic E-state index is 7.53. The number of rotatable bonds is 3. The monoisotopic (exact) mass is 165 g/mol. The van der Waals surface area contributed by atoms with Gasteiger partial charge in [-0.05, 0) is 19.8 Å². The van der Waals surface area contributed by atoms with E-state index < -0.39 is 0 Å². The summed E-state index contributed by atoms with van der Waals surface area (Å²) in [5.41, 5.74) is 2.62. The molecule has 3 heteroatoms. The summed E-state index contributed by atoms with van der Waals surface area (Å²) in [4.78, 5) is 4.34. The average molecular weight is 165 g/mol. The number of nitrogens with one attached hydrogen (secondary N) is 2. The number of nitrogens with zero attached hydrogens (tertiary/aromatic N) is 1. The zero-order valence-corrected chi connectivity index (χ0v) is 7.65. The standard InChI is InChI=1S/C9H15N3/c1-7(10)8(6-11-2)9-4-3-5-12-9/h6,10-11H,3-5H2,1-2H3/b8-6+,10-7?. The highest BCUT2D eigenvalue weighted by atomic mass is 14.8. The Bertz CT molecular complexity index is 238. The molecule has 0 spiro atoms. The second-order valence-electron chi connectivity index (χ2n) is 2.90. The highest BCUT2D eigenvalue weighted by molar-refractivity contribution is 6.22. The predicted octanol–water partition coefficient (Wildman–Crippen LogP) is 1.36. The van der Waals surface area contributed by atoms with Gasteiger partial charge < -0.3 is 10.7 Å². The molecule has 0 amide bonds. The highest BCUT2D eigenvalue weighted by Gasteiger charge is 2.12. The van der Waals surface area contributed by atoms with Crippen molar-refractivity contribution in [2.24, 2.45) is 4.99 Å². The van der Waals surface area contributed by atoms with Crippen LogP contribution < -0.4 is 5.32 Å². The maximum absolute atomic E-state index is 7.53. The van der Waals surface area contributed by atoms with Gasteiger partial charge in [0, 0.05) is 36.8 Å². The second-order valence-corrected chi connectivity index (χ2v) is 2.90. The molecule has 1 aliphatic heterocycles. The van der Waals surface area contributed by atoms with Crippen LogP contribution in [0.2, 0.25) is 0 Å². The normalized spacial score (nSPS) is 17.5. The van der Waals surface area contributed by atoms with E-state index in [1.165, 1.54) is 0 Å². The van der Waals surface area contributed by atoms with Crippen molar-refractivity contribution in [3.05, 3.63) is 11.8 Å². The van der Waals surface area contributed by atoms with Crippen molar-refractivity contribution >= 4 is 11.4 Å². The first kappa shape index (κ1) is 8.97. The molecular weight excluding hydrogens is 150 g/mol. The van der Waals surface area contributed by atoms with Crippen LogP contribution >= 0.6 is 0 Å². The van der Waals surface area contributed by atoms with Crippen LogP contribution in [0.5, 0.6) is 0 Å². The lowest BCUT2D eigenvalue weighted by molar-refractivity contribution is 0.951. The summed E-state index contributed by atoms with van der Waals surface area (Å²) in [7, 11) is 1.85. The van der Waals surface area contributed by atoms with Gasteiger partial charge in [-0.15, -0.1) is 0 Å². The summed E-state index contributed by atoms with van der Waals surface area (Å²) < 4.78 is 0. The maximum Gasteiger partial charge on any atom is 0.0453 e. The lowest BCUT2D eigenvalue weighted by Gasteiger charge is -2.04. The molecule has 0 saturated carbocycles. The van der Waals surface area contributed by atoms with Crippen LogP contribution in [0.1, 0.15) is 19.8 Å². The summed E-state index contributed by atoms with van der Waals surface area (Å²) in [5.74, 6) is 0.